The van der Waals surface area contributed by atoms with Crippen molar-refractivity contribution in [2.45, 2.75) is 18.9 Å². The number of tetrazole rings is 1. The van der Waals surface area contributed by atoms with Crippen molar-refractivity contribution in [2.24, 2.45) is 0 Å². The van der Waals surface area contributed by atoms with E-state index in [9.17, 15) is 4.79 Å². The highest BCUT2D eigenvalue weighted by atomic mass is 16.5. The Kier molecular flexibility index (Phi) is 8.03. The Morgan fingerprint density at radius 1 is 0.857 bits per heavy atom. The lowest BCUT2D eigenvalue weighted by atomic mass is 10.0. The van der Waals surface area contributed by atoms with Crippen molar-refractivity contribution in [3.63, 3.8) is 0 Å². The van der Waals surface area contributed by atoms with E-state index < -0.39 is 12.1 Å². The average Bonchev–Trinajstić information content (AvgIpc) is 3.43. The van der Waals surface area contributed by atoms with Crippen LogP contribution in [0.2, 0.25) is 0 Å². The van der Waals surface area contributed by atoms with E-state index in [4.69, 9.17) is 19.3 Å². The van der Waals surface area contributed by atoms with E-state index in [2.05, 4.69) is 20.6 Å². The Balaban J connectivity index is 1.18. The number of aliphatic carboxylic acids is 1. The van der Waals surface area contributed by atoms with Crippen LogP contribution in [0.25, 0.3) is 22.5 Å². The summed E-state index contributed by atoms with van der Waals surface area (Å²) in [6.07, 6.45) is 0.187. The third kappa shape index (κ3) is 6.64. The van der Waals surface area contributed by atoms with Crippen molar-refractivity contribution >= 4 is 5.97 Å². The van der Waals surface area contributed by atoms with Gasteiger partial charge in [-0.3, -0.25) is 0 Å². The zero-order chi connectivity index (χ0) is 24.5. The lowest BCUT2D eigenvalue weighted by Gasteiger charge is -2.11. The molecule has 1 unspecified atom stereocenters. The van der Waals surface area contributed by atoms with Gasteiger partial charge in [-0.1, -0.05) is 48.5 Å². The fourth-order valence-corrected chi connectivity index (χ4v) is 3.49. The molecular weight excluding hydrogens is 448 g/mol. The van der Waals surface area contributed by atoms with Crippen molar-refractivity contribution in [1.82, 2.24) is 20.6 Å². The van der Waals surface area contributed by atoms with Gasteiger partial charge in [0.1, 0.15) is 11.5 Å². The van der Waals surface area contributed by atoms with E-state index in [0.29, 0.717) is 25.5 Å². The van der Waals surface area contributed by atoms with Gasteiger partial charge in [0.25, 0.3) is 0 Å². The van der Waals surface area contributed by atoms with E-state index in [1.165, 1.54) is 7.11 Å². The molecule has 0 amide bonds. The predicted octanol–water partition coefficient (Wildman–Crippen LogP) is 4.02. The zero-order valence-electron chi connectivity index (χ0n) is 19.3. The number of aromatic nitrogens is 4. The number of rotatable bonds is 12. The minimum absolute atomic E-state index is 0.310. The van der Waals surface area contributed by atoms with Crippen molar-refractivity contribution in [3.05, 3.63) is 78.4 Å². The Hall–Kier alpha value is -4.24. The van der Waals surface area contributed by atoms with Crippen molar-refractivity contribution in [1.29, 1.82) is 0 Å². The van der Waals surface area contributed by atoms with Crippen LogP contribution in [0.4, 0.5) is 0 Å². The van der Waals surface area contributed by atoms with Crippen LogP contribution in [-0.2, 0) is 16.0 Å². The molecule has 4 aromatic rings. The number of hydrogen-bond donors (Lipinski definition) is 2. The molecule has 0 saturated carbocycles. The van der Waals surface area contributed by atoms with E-state index in [1.54, 1.807) is 0 Å². The summed E-state index contributed by atoms with van der Waals surface area (Å²) in [7, 11) is 1.39. The van der Waals surface area contributed by atoms with Gasteiger partial charge in [0, 0.05) is 25.5 Å². The summed E-state index contributed by atoms with van der Waals surface area (Å²) in [4.78, 5) is 11.1. The first-order chi connectivity index (χ1) is 17.1. The van der Waals surface area contributed by atoms with Crippen molar-refractivity contribution in [2.75, 3.05) is 20.3 Å². The summed E-state index contributed by atoms with van der Waals surface area (Å²) in [5, 5.41) is 23.1. The second-order valence-corrected chi connectivity index (χ2v) is 7.80. The van der Waals surface area contributed by atoms with E-state index in [1.807, 2.05) is 72.8 Å². The van der Waals surface area contributed by atoms with E-state index in [-0.39, 0.29) is 0 Å². The number of aromatic amines is 1. The SMILES string of the molecule is COC(Cc1ccc(OCCCOc2ccc(-c3ccc(-c4nn[nH]n4)cc3)cc2)cc1)C(=O)O. The standard InChI is InChI=1S/C26H26N4O5/c1-33-24(26(31)32)17-18-3-11-22(12-4-18)34-15-2-16-35-23-13-9-20(10-14-23)19-5-7-21(8-6-19)25-27-29-30-28-25/h3-14,24H,2,15-17H2,1H3,(H,31,32)(H,27,28,29,30). The molecule has 0 radical (unpaired) electrons. The smallest absolute Gasteiger partial charge is 0.333 e. The lowest BCUT2D eigenvalue weighted by molar-refractivity contribution is -0.148. The molecule has 9 nitrogen and oxygen atoms in total. The largest absolute Gasteiger partial charge is 0.493 e. The van der Waals surface area contributed by atoms with E-state index >= 15 is 0 Å². The summed E-state index contributed by atoms with van der Waals surface area (Å²) in [5.41, 5.74) is 3.95. The van der Waals surface area contributed by atoms with Crippen LogP contribution in [0.5, 0.6) is 11.5 Å². The van der Waals surface area contributed by atoms with Gasteiger partial charge in [0.15, 0.2) is 6.10 Å². The van der Waals surface area contributed by atoms with Crippen LogP contribution in [0.1, 0.15) is 12.0 Å². The van der Waals surface area contributed by atoms with Gasteiger partial charge in [0.2, 0.25) is 5.82 Å². The second kappa shape index (κ2) is 11.8. The quantitative estimate of drug-likeness (QED) is 0.296. The van der Waals surface area contributed by atoms with Crippen LogP contribution >= 0.6 is 0 Å². The molecule has 0 spiro atoms. The number of H-pyrrole nitrogens is 1. The first kappa shape index (κ1) is 23.9. The van der Waals surface area contributed by atoms with Gasteiger partial charge in [-0.05, 0) is 46.2 Å². The zero-order valence-corrected chi connectivity index (χ0v) is 19.3. The van der Waals surface area contributed by atoms with Crippen LogP contribution in [0, 0.1) is 0 Å². The topological polar surface area (TPSA) is 119 Å². The van der Waals surface area contributed by atoms with Crippen molar-refractivity contribution in [3.8, 4) is 34.0 Å². The maximum Gasteiger partial charge on any atom is 0.333 e. The van der Waals surface area contributed by atoms with Crippen LogP contribution in [0.3, 0.4) is 0 Å². The summed E-state index contributed by atoms with van der Waals surface area (Å²) in [6.45, 7) is 1.05. The number of ether oxygens (including phenoxy) is 3. The molecule has 3 aromatic carbocycles. The first-order valence-electron chi connectivity index (χ1n) is 11.2. The van der Waals surface area contributed by atoms with Gasteiger partial charge >= 0.3 is 5.97 Å². The summed E-state index contributed by atoms with van der Waals surface area (Å²) in [6, 6.07) is 23.3. The summed E-state index contributed by atoms with van der Waals surface area (Å²) >= 11 is 0. The predicted molar refractivity (Wildman–Crippen MR) is 129 cm³/mol. The van der Waals surface area contributed by atoms with Crippen LogP contribution in [0.15, 0.2) is 72.8 Å². The molecule has 0 aliphatic carbocycles. The Morgan fingerprint density at radius 2 is 1.40 bits per heavy atom. The molecule has 0 fully saturated rings. The Bertz CT molecular complexity index is 1190. The molecule has 1 aromatic heterocycles. The summed E-state index contributed by atoms with van der Waals surface area (Å²) in [5.74, 6) is 1.12. The highest BCUT2D eigenvalue weighted by molar-refractivity contribution is 5.72. The lowest BCUT2D eigenvalue weighted by Crippen LogP contribution is -2.24. The number of carboxylic acid groups (broad SMARTS) is 1. The molecule has 0 saturated heterocycles. The molecule has 0 aliphatic heterocycles. The molecule has 180 valence electrons. The molecule has 1 atom stereocenters. The van der Waals surface area contributed by atoms with Gasteiger partial charge in [0.05, 0.1) is 13.2 Å². The van der Waals surface area contributed by atoms with Crippen LogP contribution in [-0.4, -0.2) is 58.1 Å². The molecule has 0 aliphatic rings. The van der Waals surface area contributed by atoms with Gasteiger partial charge < -0.3 is 19.3 Å². The van der Waals surface area contributed by atoms with Gasteiger partial charge in [-0.2, -0.15) is 5.21 Å². The fraction of sp³-hybridized carbons (Fsp3) is 0.231. The average molecular weight is 475 g/mol. The Labute approximate surface area is 202 Å². The monoisotopic (exact) mass is 474 g/mol. The third-order valence-electron chi connectivity index (χ3n) is 5.41. The summed E-state index contributed by atoms with van der Waals surface area (Å²) < 4.78 is 16.5. The molecule has 4 rings (SSSR count). The number of hydrogen-bond acceptors (Lipinski definition) is 7. The third-order valence-corrected chi connectivity index (χ3v) is 5.41. The maximum atomic E-state index is 11.1. The van der Waals surface area contributed by atoms with E-state index in [0.717, 1.165) is 40.2 Å². The number of nitrogens with one attached hydrogen (secondary N) is 1. The molecule has 9 heteroatoms. The normalized spacial score (nSPS) is 11.7. The number of methoxy groups -OCH3 is 1. The molecular formula is C26H26N4O5. The molecule has 1 heterocycles. The number of nitrogens with zero attached hydrogens (tertiary/aromatic N) is 3. The molecule has 2 N–H and O–H groups in total. The van der Waals surface area contributed by atoms with Gasteiger partial charge in [-0.25, -0.2) is 4.79 Å². The minimum Gasteiger partial charge on any atom is -0.493 e. The fourth-order valence-electron chi connectivity index (χ4n) is 3.49. The molecule has 35 heavy (non-hydrogen) atoms. The minimum atomic E-state index is -0.974. The number of carbonyl (C=O) groups is 1. The first-order valence-corrected chi connectivity index (χ1v) is 11.2. The molecule has 0 bridgehead atoms. The second-order valence-electron chi connectivity index (χ2n) is 7.80. The highest BCUT2D eigenvalue weighted by Gasteiger charge is 2.16. The number of benzene rings is 3. The maximum absolute atomic E-state index is 11.1. The highest BCUT2D eigenvalue weighted by Crippen LogP contribution is 2.25. The van der Waals surface area contributed by atoms with Crippen LogP contribution < -0.4 is 9.47 Å². The number of carboxylic acids is 1. The van der Waals surface area contributed by atoms with Crippen molar-refractivity contribution < 1.29 is 24.1 Å². The van der Waals surface area contributed by atoms with Gasteiger partial charge in [-0.15, -0.1) is 10.2 Å². The Morgan fingerprint density at radius 3 is 1.91 bits per heavy atom.